The van der Waals surface area contributed by atoms with Crippen molar-refractivity contribution in [1.29, 1.82) is 0 Å². The van der Waals surface area contributed by atoms with Crippen LogP contribution in [0.25, 0.3) is 0 Å². The van der Waals surface area contributed by atoms with E-state index in [9.17, 15) is 4.79 Å². The van der Waals surface area contributed by atoms with Gasteiger partial charge >= 0.3 is 0 Å². The Labute approximate surface area is 142 Å². The van der Waals surface area contributed by atoms with E-state index in [0.717, 1.165) is 14.9 Å². The monoisotopic (exact) mass is 357 g/mol. The molecule has 0 unspecified atom stereocenters. The summed E-state index contributed by atoms with van der Waals surface area (Å²) >= 11 is 8.91. The smallest absolute Gasteiger partial charge is 0.237 e. The summed E-state index contributed by atoms with van der Waals surface area (Å²) in [5.41, 5.74) is 1.48. The van der Waals surface area contributed by atoms with E-state index < -0.39 is 0 Å². The third-order valence-corrected chi connectivity index (χ3v) is 5.32. The normalized spacial score (nSPS) is 12.0. The Morgan fingerprint density at radius 3 is 2.73 bits per heavy atom. The first-order valence-electron chi connectivity index (χ1n) is 6.52. The molecule has 0 bridgehead atoms. The van der Waals surface area contributed by atoms with Gasteiger partial charge in [0.1, 0.15) is 10.8 Å². The fourth-order valence-electron chi connectivity index (χ4n) is 1.69. The fourth-order valence-corrected chi connectivity index (χ4v) is 3.81. The van der Waals surface area contributed by atoms with Crippen molar-refractivity contribution in [2.75, 3.05) is 12.4 Å². The molecule has 1 N–H and O–H groups in total. The molecule has 1 aromatic heterocycles. The maximum atomic E-state index is 12.3. The number of methoxy groups -OCH3 is 1. The molecule has 0 saturated carbocycles. The van der Waals surface area contributed by atoms with Crippen LogP contribution >= 0.6 is 34.7 Å². The molecule has 1 amide bonds. The molecule has 22 heavy (non-hydrogen) atoms. The van der Waals surface area contributed by atoms with Gasteiger partial charge in [0, 0.05) is 11.1 Å². The first kappa shape index (κ1) is 17.1. The van der Waals surface area contributed by atoms with Crippen LogP contribution in [0.2, 0.25) is 5.02 Å². The van der Waals surface area contributed by atoms with Crippen LogP contribution in [0.4, 0.5) is 5.69 Å². The summed E-state index contributed by atoms with van der Waals surface area (Å²) in [6, 6.07) is 3.49. The van der Waals surface area contributed by atoms with Gasteiger partial charge in [0.15, 0.2) is 4.34 Å². The van der Waals surface area contributed by atoms with Crippen LogP contribution in [0.3, 0.4) is 0 Å². The summed E-state index contributed by atoms with van der Waals surface area (Å²) in [4.78, 5) is 12.3. The second kappa shape index (κ2) is 7.30. The lowest BCUT2D eigenvalue weighted by molar-refractivity contribution is -0.115. The molecule has 2 rings (SSSR count). The maximum absolute atomic E-state index is 12.3. The fraction of sp³-hybridized carbons (Fsp3) is 0.357. The van der Waals surface area contributed by atoms with E-state index in [-0.39, 0.29) is 11.2 Å². The quantitative estimate of drug-likeness (QED) is 0.821. The molecule has 0 fully saturated rings. The molecule has 0 spiro atoms. The molecule has 0 aliphatic heterocycles. The van der Waals surface area contributed by atoms with Gasteiger partial charge in [0.05, 0.1) is 18.0 Å². The van der Waals surface area contributed by atoms with Crippen molar-refractivity contribution in [2.45, 2.75) is 30.4 Å². The highest BCUT2D eigenvalue weighted by Gasteiger charge is 2.18. The zero-order valence-electron chi connectivity index (χ0n) is 12.6. The van der Waals surface area contributed by atoms with Gasteiger partial charge in [-0.1, -0.05) is 34.7 Å². The van der Waals surface area contributed by atoms with Crippen LogP contribution in [0.15, 0.2) is 16.5 Å². The number of ether oxygens (including phenoxy) is 1. The van der Waals surface area contributed by atoms with Gasteiger partial charge in [-0.2, -0.15) is 0 Å². The summed E-state index contributed by atoms with van der Waals surface area (Å²) in [5, 5.41) is 12.0. The van der Waals surface area contributed by atoms with Crippen LogP contribution in [-0.4, -0.2) is 28.5 Å². The number of nitrogens with one attached hydrogen (secondary N) is 1. The number of hydrogen-bond donors (Lipinski definition) is 1. The van der Waals surface area contributed by atoms with Crippen molar-refractivity contribution in [3.8, 4) is 5.75 Å². The number of aryl methyl sites for hydroxylation is 2. The molecule has 118 valence electrons. The van der Waals surface area contributed by atoms with E-state index in [1.807, 2.05) is 20.8 Å². The Hall–Kier alpha value is -1.31. The molecule has 0 aliphatic rings. The Morgan fingerprint density at radius 1 is 1.41 bits per heavy atom. The van der Waals surface area contributed by atoms with Crippen molar-refractivity contribution >= 4 is 46.3 Å². The summed E-state index contributed by atoms with van der Waals surface area (Å²) in [6.07, 6.45) is 0. The molecule has 0 aliphatic carbocycles. The minimum atomic E-state index is -0.298. The van der Waals surface area contributed by atoms with Gasteiger partial charge in [-0.05, 0) is 32.4 Å². The number of halogens is 1. The molecule has 1 atom stereocenters. The lowest BCUT2D eigenvalue weighted by atomic mass is 10.2. The lowest BCUT2D eigenvalue weighted by Gasteiger charge is -2.14. The van der Waals surface area contributed by atoms with E-state index in [1.165, 1.54) is 23.1 Å². The van der Waals surface area contributed by atoms with Crippen molar-refractivity contribution in [1.82, 2.24) is 10.2 Å². The van der Waals surface area contributed by atoms with Gasteiger partial charge in [-0.25, -0.2) is 0 Å². The number of carbonyl (C=O) groups excluding carboxylic acids is 1. The Kier molecular flexibility index (Phi) is 5.66. The van der Waals surface area contributed by atoms with E-state index >= 15 is 0 Å². The van der Waals surface area contributed by atoms with E-state index in [1.54, 1.807) is 19.2 Å². The Bertz CT molecular complexity index is 691. The van der Waals surface area contributed by atoms with Gasteiger partial charge in [-0.15, -0.1) is 10.2 Å². The third kappa shape index (κ3) is 4.12. The summed E-state index contributed by atoms with van der Waals surface area (Å²) in [7, 11) is 1.54. The van der Waals surface area contributed by atoms with Gasteiger partial charge in [-0.3, -0.25) is 4.79 Å². The number of benzene rings is 1. The van der Waals surface area contributed by atoms with Crippen LogP contribution < -0.4 is 10.1 Å². The molecule has 1 heterocycles. The van der Waals surface area contributed by atoms with Crippen LogP contribution in [-0.2, 0) is 4.79 Å². The highest BCUT2D eigenvalue weighted by molar-refractivity contribution is 8.02. The first-order valence-corrected chi connectivity index (χ1v) is 8.60. The lowest BCUT2D eigenvalue weighted by Crippen LogP contribution is -2.22. The first-order chi connectivity index (χ1) is 10.4. The number of amides is 1. The molecule has 5 nitrogen and oxygen atoms in total. The minimum Gasteiger partial charge on any atom is -0.495 e. The van der Waals surface area contributed by atoms with E-state index in [2.05, 4.69) is 15.5 Å². The number of anilines is 1. The number of thioether (sulfide) groups is 1. The second-order valence-electron chi connectivity index (χ2n) is 4.64. The zero-order chi connectivity index (χ0) is 16.3. The summed E-state index contributed by atoms with van der Waals surface area (Å²) in [6.45, 7) is 5.58. The molecule has 2 aromatic rings. The average Bonchev–Trinajstić information content (AvgIpc) is 2.87. The topological polar surface area (TPSA) is 64.1 Å². The van der Waals surface area contributed by atoms with Gasteiger partial charge in [0.25, 0.3) is 0 Å². The van der Waals surface area contributed by atoms with Crippen LogP contribution in [0, 0.1) is 13.8 Å². The van der Waals surface area contributed by atoms with Crippen molar-refractivity contribution in [2.24, 2.45) is 0 Å². The standard InChI is InChI=1S/C14H16ClN3O2S2/c1-7-5-11(12(20-4)6-10(7)15)16-13(19)8(2)21-14-18-17-9(3)22-14/h5-6,8H,1-4H3,(H,16,19)/t8-/m1/s1. The maximum Gasteiger partial charge on any atom is 0.237 e. The molecule has 0 saturated heterocycles. The Morgan fingerprint density at radius 2 is 2.14 bits per heavy atom. The van der Waals surface area contributed by atoms with Gasteiger partial charge < -0.3 is 10.1 Å². The predicted molar refractivity (Wildman–Crippen MR) is 91.3 cm³/mol. The number of rotatable bonds is 5. The minimum absolute atomic E-state index is 0.127. The van der Waals surface area contributed by atoms with Gasteiger partial charge in [0.2, 0.25) is 5.91 Å². The zero-order valence-corrected chi connectivity index (χ0v) is 15.0. The van der Waals surface area contributed by atoms with Crippen LogP contribution in [0.5, 0.6) is 5.75 Å². The Balaban J connectivity index is 2.09. The third-order valence-electron chi connectivity index (χ3n) is 2.89. The SMILES string of the molecule is COc1cc(Cl)c(C)cc1NC(=O)[C@@H](C)Sc1nnc(C)s1. The molecule has 0 radical (unpaired) electrons. The van der Waals surface area contributed by atoms with Crippen molar-refractivity contribution in [3.05, 3.63) is 27.7 Å². The number of hydrogen-bond acceptors (Lipinski definition) is 6. The molecule has 1 aromatic carbocycles. The number of carbonyl (C=O) groups is 1. The van der Waals surface area contributed by atoms with Crippen molar-refractivity contribution < 1.29 is 9.53 Å². The van der Waals surface area contributed by atoms with E-state index in [0.29, 0.717) is 16.5 Å². The summed E-state index contributed by atoms with van der Waals surface area (Å²) < 4.78 is 6.03. The molecular formula is C14H16ClN3O2S2. The highest BCUT2D eigenvalue weighted by atomic mass is 35.5. The largest absolute Gasteiger partial charge is 0.495 e. The predicted octanol–water partition coefficient (Wildman–Crippen LogP) is 3.94. The molecular weight excluding hydrogens is 342 g/mol. The summed E-state index contributed by atoms with van der Waals surface area (Å²) in [5.74, 6) is 0.408. The molecule has 8 heteroatoms. The highest BCUT2D eigenvalue weighted by Crippen LogP contribution is 2.32. The average molecular weight is 358 g/mol. The number of aromatic nitrogens is 2. The van der Waals surface area contributed by atoms with Crippen LogP contribution in [0.1, 0.15) is 17.5 Å². The number of nitrogens with zero attached hydrogens (tertiary/aromatic N) is 2. The van der Waals surface area contributed by atoms with Crippen molar-refractivity contribution in [3.63, 3.8) is 0 Å². The second-order valence-corrected chi connectivity index (χ2v) is 7.81. The van der Waals surface area contributed by atoms with E-state index in [4.69, 9.17) is 16.3 Å².